The summed E-state index contributed by atoms with van der Waals surface area (Å²) in [4.78, 5) is 21.9. The fourth-order valence-electron chi connectivity index (χ4n) is 3.03. The summed E-state index contributed by atoms with van der Waals surface area (Å²) in [7, 11) is 4.05. The van der Waals surface area contributed by atoms with Crippen LogP contribution in [0, 0.1) is 0 Å². The van der Waals surface area contributed by atoms with E-state index in [1.807, 2.05) is 50.5 Å². The minimum Gasteiger partial charge on any atom is -0.454 e. The number of hydrogen-bond donors (Lipinski definition) is 0. The van der Waals surface area contributed by atoms with Gasteiger partial charge in [-0.2, -0.15) is 0 Å². The van der Waals surface area contributed by atoms with E-state index < -0.39 is 0 Å². The van der Waals surface area contributed by atoms with E-state index in [1.165, 1.54) is 11.3 Å². The van der Waals surface area contributed by atoms with Gasteiger partial charge < -0.3 is 14.4 Å². The van der Waals surface area contributed by atoms with Crippen molar-refractivity contribution in [3.8, 4) is 11.5 Å². The third kappa shape index (κ3) is 3.85. The van der Waals surface area contributed by atoms with E-state index in [9.17, 15) is 4.79 Å². The Bertz CT molecular complexity index is 980. The largest absolute Gasteiger partial charge is 0.454 e. The van der Waals surface area contributed by atoms with Crippen molar-refractivity contribution in [2.75, 3.05) is 38.9 Å². The molecule has 1 amide bonds. The molecule has 0 spiro atoms. The Hall–Kier alpha value is -2.16. The predicted octanol–water partition coefficient (Wildman–Crippen LogP) is 4.39. The molecule has 0 atom stereocenters. The normalized spacial score (nSPS) is 12.7. The SMILES string of the molecule is CN(C)CCCN(C(=O)c1ccccc1Br)c1nc2cc3c(cc2s1)OCO3. The molecule has 2 heterocycles. The number of fused-ring (bicyclic) bond motifs is 2. The van der Waals surface area contributed by atoms with E-state index in [2.05, 4.69) is 20.8 Å². The molecule has 6 nitrogen and oxygen atoms in total. The third-order valence-electron chi connectivity index (χ3n) is 4.44. The lowest BCUT2D eigenvalue weighted by Gasteiger charge is -2.21. The molecule has 0 unspecified atom stereocenters. The number of anilines is 1. The van der Waals surface area contributed by atoms with Gasteiger partial charge in [-0.1, -0.05) is 23.5 Å². The minimum absolute atomic E-state index is 0.0645. The molecule has 2 aromatic carbocycles. The lowest BCUT2D eigenvalue weighted by atomic mass is 10.2. The van der Waals surface area contributed by atoms with Crippen molar-refractivity contribution in [1.82, 2.24) is 9.88 Å². The first-order chi connectivity index (χ1) is 13.5. The van der Waals surface area contributed by atoms with Crippen molar-refractivity contribution in [2.45, 2.75) is 6.42 Å². The van der Waals surface area contributed by atoms with Crippen LogP contribution in [0.3, 0.4) is 0 Å². The highest BCUT2D eigenvalue weighted by Gasteiger charge is 2.24. The highest BCUT2D eigenvalue weighted by atomic mass is 79.9. The van der Waals surface area contributed by atoms with E-state index in [0.29, 0.717) is 23.0 Å². The van der Waals surface area contributed by atoms with Gasteiger partial charge in [0.05, 0.1) is 15.8 Å². The first kappa shape index (κ1) is 19.2. The smallest absolute Gasteiger partial charge is 0.261 e. The number of ether oxygens (including phenoxy) is 2. The first-order valence-corrected chi connectivity index (χ1v) is 10.5. The number of hydrogen-bond acceptors (Lipinski definition) is 6. The highest BCUT2D eigenvalue weighted by Crippen LogP contribution is 2.40. The van der Waals surface area contributed by atoms with E-state index in [1.54, 1.807) is 4.90 Å². The molecule has 3 aromatic rings. The summed E-state index contributed by atoms with van der Waals surface area (Å²) in [6.45, 7) is 1.71. The molecular formula is C20H20BrN3O3S. The molecule has 0 N–H and O–H groups in total. The average Bonchev–Trinajstić information content (AvgIpc) is 3.28. The summed E-state index contributed by atoms with van der Waals surface area (Å²) < 4.78 is 12.7. The van der Waals surface area contributed by atoms with Gasteiger partial charge in [0, 0.05) is 23.2 Å². The van der Waals surface area contributed by atoms with Crippen LogP contribution in [0.5, 0.6) is 11.5 Å². The Labute approximate surface area is 175 Å². The zero-order chi connectivity index (χ0) is 19.7. The van der Waals surface area contributed by atoms with E-state index in [-0.39, 0.29) is 12.7 Å². The molecule has 28 heavy (non-hydrogen) atoms. The van der Waals surface area contributed by atoms with Gasteiger partial charge >= 0.3 is 0 Å². The molecule has 0 radical (unpaired) electrons. The number of benzene rings is 2. The standard InChI is InChI=1S/C20H20BrN3O3S/c1-23(2)8-5-9-24(19(25)13-6-3-4-7-14(13)21)20-22-15-10-16-17(27-12-26-16)11-18(15)28-20/h3-4,6-7,10-11H,5,8-9,12H2,1-2H3. The maximum atomic E-state index is 13.3. The van der Waals surface area contributed by atoms with Crippen LogP contribution in [0.25, 0.3) is 10.2 Å². The maximum absolute atomic E-state index is 13.3. The van der Waals surface area contributed by atoms with Crippen molar-refractivity contribution >= 4 is 48.5 Å². The van der Waals surface area contributed by atoms with Gasteiger partial charge in [-0.3, -0.25) is 9.69 Å². The van der Waals surface area contributed by atoms with Gasteiger partial charge in [0.15, 0.2) is 16.6 Å². The van der Waals surface area contributed by atoms with Crippen molar-refractivity contribution < 1.29 is 14.3 Å². The summed E-state index contributed by atoms with van der Waals surface area (Å²) in [5.41, 5.74) is 1.43. The summed E-state index contributed by atoms with van der Waals surface area (Å²) in [6.07, 6.45) is 0.849. The average molecular weight is 462 g/mol. The van der Waals surface area contributed by atoms with Crippen LogP contribution in [0.4, 0.5) is 5.13 Å². The van der Waals surface area contributed by atoms with Crippen LogP contribution in [0.1, 0.15) is 16.8 Å². The molecular weight excluding hydrogens is 442 g/mol. The van der Waals surface area contributed by atoms with E-state index >= 15 is 0 Å². The van der Waals surface area contributed by atoms with Gasteiger partial charge in [0.2, 0.25) is 6.79 Å². The topological polar surface area (TPSA) is 54.9 Å². The van der Waals surface area contributed by atoms with Crippen LogP contribution < -0.4 is 14.4 Å². The minimum atomic E-state index is -0.0645. The number of thiazole rings is 1. The fourth-order valence-corrected chi connectivity index (χ4v) is 4.49. The van der Waals surface area contributed by atoms with Crippen LogP contribution in [0.2, 0.25) is 0 Å². The number of nitrogens with zero attached hydrogens (tertiary/aromatic N) is 3. The summed E-state index contributed by atoms with van der Waals surface area (Å²) in [5, 5.41) is 0.679. The van der Waals surface area contributed by atoms with Crippen molar-refractivity contribution in [1.29, 1.82) is 0 Å². The maximum Gasteiger partial charge on any atom is 0.261 e. The molecule has 0 bridgehead atoms. The fraction of sp³-hybridized carbons (Fsp3) is 0.300. The molecule has 1 aliphatic heterocycles. The lowest BCUT2D eigenvalue weighted by molar-refractivity contribution is 0.0985. The quantitative estimate of drug-likeness (QED) is 0.544. The molecule has 1 aliphatic rings. The van der Waals surface area contributed by atoms with Crippen molar-refractivity contribution in [3.63, 3.8) is 0 Å². The highest BCUT2D eigenvalue weighted by molar-refractivity contribution is 9.10. The molecule has 0 fully saturated rings. The molecule has 146 valence electrons. The number of aromatic nitrogens is 1. The Balaban J connectivity index is 1.69. The van der Waals surface area contributed by atoms with Gasteiger partial charge in [0.1, 0.15) is 0 Å². The molecule has 4 rings (SSSR count). The second-order valence-electron chi connectivity index (χ2n) is 6.76. The summed E-state index contributed by atoms with van der Waals surface area (Å²) >= 11 is 4.98. The van der Waals surface area contributed by atoms with Crippen LogP contribution in [-0.4, -0.2) is 49.8 Å². The number of halogens is 1. The lowest BCUT2D eigenvalue weighted by Crippen LogP contribution is -2.33. The summed E-state index contributed by atoms with van der Waals surface area (Å²) in [6, 6.07) is 11.3. The van der Waals surface area contributed by atoms with E-state index in [0.717, 1.165) is 33.4 Å². The van der Waals surface area contributed by atoms with Crippen LogP contribution in [0.15, 0.2) is 40.9 Å². The molecule has 0 aliphatic carbocycles. The van der Waals surface area contributed by atoms with Gasteiger partial charge in [0.25, 0.3) is 5.91 Å². The second-order valence-corrected chi connectivity index (χ2v) is 8.63. The monoisotopic (exact) mass is 461 g/mol. The Morgan fingerprint density at radius 3 is 2.68 bits per heavy atom. The van der Waals surface area contributed by atoms with Crippen molar-refractivity contribution in [2.24, 2.45) is 0 Å². The number of amides is 1. The first-order valence-electron chi connectivity index (χ1n) is 8.94. The molecule has 0 saturated heterocycles. The van der Waals surface area contributed by atoms with Gasteiger partial charge in [-0.05, 0) is 55.1 Å². The Morgan fingerprint density at radius 2 is 1.93 bits per heavy atom. The molecule has 1 aromatic heterocycles. The molecule has 8 heteroatoms. The van der Waals surface area contributed by atoms with Crippen molar-refractivity contribution in [3.05, 3.63) is 46.4 Å². The third-order valence-corrected chi connectivity index (χ3v) is 6.17. The van der Waals surface area contributed by atoms with Gasteiger partial charge in [-0.15, -0.1) is 0 Å². The van der Waals surface area contributed by atoms with Gasteiger partial charge in [-0.25, -0.2) is 4.98 Å². The number of rotatable bonds is 6. The zero-order valence-corrected chi connectivity index (χ0v) is 18.0. The number of carbonyl (C=O) groups excluding carboxylic acids is 1. The predicted molar refractivity (Wildman–Crippen MR) is 115 cm³/mol. The Kier molecular flexibility index (Phi) is 5.52. The zero-order valence-electron chi connectivity index (χ0n) is 15.6. The van der Waals surface area contributed by atoms with Crippen LogP contribution in [-0.2, 0) is 0 Å². The number of carbonyl (C=O) groups is 1. The second kappa shape index (κ2) is 8.06. The van der Waals surface area contributed by atoms with Crippen LogP contribution >= 0.6 is 27.3 Å². The molecule has 0 saturated carbocycles. The van der Waals surface area contributed by atoms with E-state index in [4.69, 9.17) is 14.5 Å². The summed E-state index contributed by atoms with van der Waals surface area (Å²) in [5.74, 6) is 1.35. The Morgan fingerprint density at radius 1 is 1.18 bits per heavy atom.